The van der Waals surface area contributed by atoms with Crippen LogP contribution in [0.2, 0.25) is 0 Å². The van der Waals surface area contributed by atoms with Gasteiger partial charge in [0.1, 0.15) is 10.7 Å². The van der Waals surface area contributed by atoms with Crippen LogP contribution in [0.25, 0.3) is 0 Å². The topological polar surface area (TPSA) is 50.9 Å². The molecule has 0 radical (unpaired) electrons. The van der Waals surface area contributed by atoms with Gasteiger partial charge < -0.3 is 11.1 Å². The van der Waals surface area contributed by atoms with Crippen molar-refractivity contribution in [2.45, 2.75) is 24.5 Å². The molecule has 1 fully saturated rings. The molecular weight excluding hydrogens is 250 g/mol. The molecule has 1 aliphatic rings. The molecule has 3 N–H and O–H groups in total. The standard InChI is InChI=1S/C12H17N3S2/c13-12(16)11-10(5-3-6-14-11)15-8-9-4-1-2-7-17-9/h3,5-6,9,15H,1-2,4,7-8H2,(H2,13,16). The average molecular weight is 267 g/mol. The van der Waals surface area contributed by atoms with E-state index in [0.29, 0.717) is 15.9 Å². The van der Waals surface area contributed by atoms with Crippen molar-refractivity contribution in [3.8, 4) is 0 Å². The van der Waals surface area contributed by atoms with Gasteiger partial charge in [-0.3, -0.25) is 4.98 Å². The fraction of sp³-hybridized carbons (Fsp3) is 0.500. The Morgan fingerprint density at radius 1 is 1.59 bits per heavy atom. The van der Waals surface area contributed by atoms with E-state index in [2.05, 4.69) is 10.3 Å². The molecule has 1 saturated heterocycles. The number of nitrogens with two attached hydrogens (primary N) is 1. The Morgan fingerprint density at radius 2 is 2.47 bits per heavy atom. The van der Waals surface area contributed by atoms with E-state index in [1.165, 1.54) is 25.0 Å². The fourth-order valence-corrected chi connectivity index (χ4v) is 3.34. The minimum Gasteiger partial charge on any atom is -0.388 e. The number of thioether (sulfide) groups is 1. The molecule has 2 rings (SSSR count). The third-order valence-electron chi connectivity index (χ3n) is 2.84. The first-order valence-electron chi connectivity index (χ1n) is 5.87. The molecule has 1 aliphatic heterocycles. The van der Waals surface area contributed by atoms with E-state index in [4.69, 9.17) is 18.0 Å². The predicted octanol–water partition coefficient (Wildman–Crippen LogP) is 2.41. The smallest absolute Gasteiger partial charge is 0.124 e. The largest absolute Gasteiger partial charge is 0.388 e. The molecule has 0 bridgehead atoms. The van der Waals surface area contributed by atoms with Crippen LogP contribution in [0.3, 0.4) is 0 Å². The van der Waals surface area contributed by atoms with Gasteiger partial charge in [0.25, 0.3) is 0 Å². The van der Waals surface area contributed by atoms with E-state index < -0.39 is 0 Å². The van der Waals surface area contributed by atoms with E-state index in [0.717, 1.165) is 12.2 Å². The van der Waals surface area contributed by atoms with Gasteiger partial charge in [0.2, 0.25) is 0 Å². The molecule has 17 heavy (non-hydrogen) atoms. The second kappa shape index (κ2) is 6.21. The zero-order valence-corrected chi connectivity index (χ0v) is 11.3. The Kier molecular flexibility index (Phi) is 4.62. The maximum Gasteiger partial charge on any atom is 0.124 e. The summed E-state index contributed by atoms with van der Waals surface area (Å²) in [7, 11) is 0. The van der Waals surface area contributed by atoms with Gasteiger partial charge in [0, 0.05) is 18.0 Å². The quantitative estimate of drug-likeness (QED) is 0.821. The normalized spacial score (nSPS) is 19.9. The molecule has 0 spiro atoms. The molecule has 0 amide bonds. The highest BCUT2D eigenvalue weighted by Gasteiger charge is 2.14. The zero-order valence-electron chi connectivity index (χ0n) is 9.69. The van der Waals surface area contributed by atoms with Crippen LogP contribution in [0.4, 0.5) is 5.69 Å². The molecule has 1 aromatic heterocycles. The molecular formula is C12H17N3S2. The van der Waals surface area contributed by atoms with Gasteiger partial charge in [-0.05, 0) is 30.7 Å². The molecule has 0 saturated carbocycles. The van der Waals surface area contributed by atoms with Gasteiger partial charge in [-0.2, -0.15) is 11.8 Å². The maximum atomic E-state index is 5.65. The summed E-state index contributed by atoms with van der Waals surface area (Å²) < 4.78 is 0. The Bertz CT molecular complexity index is 389. The SMILES string of the molecule is NC(=S)c1ncccc1NCC1CCCCS1. The number of nitrogens with zero attached hydrogens (tertiary/aromatic N) is 1. The lowest BCUT2D eigenvalue weighted by Gasteiger charge is -2.22. The van der Waals surface area contributed by atoms with Gasteiger partial charge in [-0.15, -0.1) is 0 Å². The van der Waals surface area contributed by atoms with E-state index in [9.17, 15) is 0 Å². The number of thiocarbonyl (C=S) groups is 1. The monoisotopic (exact) mass is 267 g/mol. The number of rotatable bonds is 4. The predicted molar refractivity (Wildman–Crippen MR) is 78.7 cm³/mol. The number of pyridine rings is 1. The van der Waals surface area contributed by atoms with E-state index in [1.807, 2.05) is 23.9 Å². The number of hydrogen-bond acceptors (Lipinski definition) is 4. The van der Waals surface area contributed by atoms with Gasteiger partial charge in [-0.25, -0.2) is 0 Å². The first-order valence-corrected chi connectivity index (χ1v) is 7.33. The van der Waals surface area contributed by atoms with Crippen molar-refractivity contribution in [2.24, 2.45) is 5.73 Å². The molecule has 0 aliphatic carbocycles. The third kappa shape index (κ3) is 3.57. The van der Waals surface area contributed by atoms with Crippen molar-refractivity contribution in [1.29, 1.82) is 0 Å². The summed E-state index contributed by atoms with van der Waals surface area (Å²) in [6, 6.07) is 3.88. The van der Waals surface area contributed by atoms with Crippen LogP contribution in [0.15, 0.2) is 18.3 Å². The minimum atomic E-state index is 0.351. The summed E-state index contributed by atoms with van der Waals surface area (Å²) in [5.74, 6) is 1.28. The van der Waals surface area contributed by atoms with Crippen molar-refractivity contribution in [3.63, 3.8) is 0 Å². The Labute approximate surface area is 112 Å². The van der Waals surface area contributed by atoms with Gasteiger partial charge >= 0.3 is 0 Å². The highest BCUT2D eigenvalue weighted by atomic mass is 32.2. The first-order chi connectivity index (χ1) is 8.27. The first kappa shape index (κ1) is 12.6. The highest BCUT2D eigenvalue weighted by molar-refractivity contribution is 7.99. The molecule has 5 heteroatoms. The summed E-state index contributed by atoms with van der Waals surface area (Å²) in [6.07, 6.45) is 5.70. The second-order valence-corrected chi connectivity index (χ2v) is 5.98. The average Bonchev–Trinajstić information content (AvgIpc) is 2.38. The summed E-state index contributed by atoms with van der Waals surface area (Å²) in [5.41, 5.74) is 7.29. The van der Waals surface area contributed by atoms with Crippen LogP contribution >= 0.6 is 24.0 Å². The van der Waals surface area contributed by atoms with Crippen LogP contribution in [0.1, 0.15) is 25.0 Å². The lowest BCUT2D eigenvalue weighted by atomic mass is 10.2. The lowest BCUT2D eigenvalue weighted by molar-refractivity contribution is 0.677. The molecule has 92 valence electrons. The van der Waals surface area contributed by atoms with Crippen LogP contribution < -0.4 is 11.1 Å². The minimum absolute atomic E-state index is 0.351. The van der Waals surface area contributed by atoms with Gasteiger partial charge in [0.15, 0.2) is 0 Å². The van der Waals surface area contributed by atoms with E-state index in [-0.39, 0.29) is 0 Å². The fourth-order valence-electron chi connectivity index (χ4n) is 1.94. The summed E-state index contributed by atoms with van der Waals surface area (Å²) in [6.45, 7) is 0.964. The summed E-state index contributed by atoms with van der Waals surface area (Å²) >= 11 is 7.04. The van der Waals surface area contributed by atoms with Crippen molar-refractivity contribution in [3.05, 3.63) is 24.0 Å². The second-order valence-electron chi connectivity index (χ2n) is 4.13. The van der Waals surface area contributed by atoms with E-state index in [1.54, 1.807) is 6.20 Å². The summed E-state index contributed by atoms with van der Waals surface area (Å²) in [4.78, 5) is 4.56. The van der Waals surface area contributed by atoms with Crippen molar-refractivity contribution in [2.75, 3.05) is 17.6 Å². The van der Waals surface area contributed by atoms with Crippen molar-refractivity contribution < 1.29 is 0 Å². The maximum absolute atomic E-state index is 5.65. The lowest BCUT2D eigenvalue weighted by Crippen LogP contribution is -2.22. The van der Waals surface area contributed by atoms with Crippen LogP contribution in [0.5, 0.6) is 0 Å². The number of nitrogens with one attached hydrogen (secondary N) is 1. The summed E-state index contributed by atoms with van der Waals surface area (Å²) in [5, 5.41) is 4.11. The highest BCUT2D eigenvalue weighted by Crippen LogP contribution is 2.25. The van der Waals surface area contributed by atoms with Crippen molar-refractivity contribution >= 4 is 34.7 Å². The zero-order chi connectivity index (χ0) is 12.1. The van der Waals surface area contributed by atoms with Gasteiger partial charge in [0.05, 0.1) is 5.69 Å². The molecule has 0 aromatic carbocycles. The van der Waals surface area contributed by atoms with Crippen LogP contribution in [-0.4, -0.2) is 27.5 Å². The molecule has 1 aromatic rings. The molecule has 1 unspecified atom stereocenters. The Morgan fingerprint density at radius 3 is 3.18 bits per heavy atom. The molecule has 1 atom stereocenters. The Hall–Kier alpha value is -0.810. The van der Waals surface area contributed by atoms with Gasteiger partial charge in [-0.1, -0.05) is 18.6 Å². The Balaban J connectivity index is 1.96. The van der Waals surface area contributed by atoms with Crippen LogP contribution in [0, 0.1) is 0 Å². The molecule has 3 nitrogen and oxygen atoms in total. The molecule has 2 heterocycles. The number of anilines is 1. The number of hydrogen-bond donors (Lipinski definition) is 2. The van der Waals surface area contributed by atoms with Crippen LogP contribution in [-0.2, 0) is 0 Å². The van der Waals surface area contributed by atoms with Crippen molar-refractivity contribution in [1.82, 2.24) is 4.98 Å². The third-order valence-corrected chi connectivity index (χ3v) is 4.43. The van der Waals surface area contributed by atoms with E-state index >= 15 is 0 Å². The number of aromatic nitrogens is 1.